The molecule has 0 aromatic heterocycles. The van der Waals surface area contributed by atoms with Crippen LogP contribution in [-0.4, -0.2) is 24.4 Å². The molecular weight excluding hydrogens is 372 g/mol. The summed E-state index contributed by atoms with van der Waals surface area (Å²) in [6, 6.07) is 6.67. The molecular formula is C17H14F6LiOP. The summed E-state index contributed by atoms with van der Waals surface area (Å²) in [5, 5.41) is 0.456. The van der Waals surface area contributed by atoms with Gasteiger partial charge in [0, 0.05) is 5.56 Å². The third-order valence-corrected chi connectivity index (χ3v) is 5.14. The van der Waals surface area contributed by atoms with E-state index in [4.69, 9.17) is 0 Å². The van der Waals surface area contributed by atoms with Crippen molar-refractivity contribution >= 4 is 38.3 Å². The van der Waals surface area contributed by atoms with E-state index in [0.29, 0.717) is 34.6 Å². The summed E-state index contributed by atoms with van der Waals surface area (Å²) in [7, 11) is -0.835. The van der Waals surface area contributed by atoms with Gasteiger partial charge in [-0.05, 0) is 51.0 Å². The summed E-state index contributed by atoms with van der Waals surface area (Å²) < 4.78 is 78.9. The predicted molar refractivity (Wildman–Crippen MR) is 91.8 cm³/mol. The zero-order valence-corrected chi connectivity index (χ0v) is 14.1. The van der Waals surface area contributed by atoms with Crippen LogP contribution in [0.15, 0.2) is 36.4 Å². The molecule has 1 atom stereocenters. The maximum atomic E-state index is 13.2. The van der Waals surface area contributed by atoms with Crippen LogP contribution in [0.25, 0.3) is 0 Å². The van der Waals surface area contributed by atoms with E-state index in [2.05, 4.69) is 0 Å². The number of hydrogen-bond acceptors (Lipinski definition) is 1. The molecule has 2 rings (SSSR count). The Hall–Kier alpha value is -1.28. The number of rotatable bonds is 3. The molecule has 0 saturated carbocycles. The number of hydrogen-bond donors (Lipinski definition) is 0. The Morgan fingerprint density at radius 3 is 1.58 bits per heavy atom. The fraction of sp³-hybridized carbons (Fsp3) is 0.235. The second kappa shape index (κ2) is 8.17. The van der Waals surface area contributed by atoms with E-state index in [0.717, 1.165) is 0 Å². The minimum atomic E-state index is -5.06. The van der Waals surface area contributed by atoms with Gasteiger partial charge in [-0.1, -0.05) is 24.3 Å². The van der Waals surface area contributed by atoms with E-state index in [1.165, 1.54) is 0 Å². The molecule has 0 saturated heterocycles. The Labute approximate surface area is 160 Å². The molecule has 1 nitrogen and oxygen atoms in total. The van der Waals surface area contributed by atoms with Crippen molar-refractivity contribution in [3.05, 3.63) is 64.2 Å². The first-order valence-electron chi connectivity index (χ1n) is 7.08. The molecule has 9 heteroatoms. The zero-order valence-electron chi connectivity index (χ0n) is 13.1. The molecule has 0 aliphatic rings. The van der Waals surface area contributed by atoms with E-state index in [1.54, 1.807) is 32.0 Å². The molecule has 0 N–H and O–H groups in total. The van der Waals surface area contributed by atoms with Gasteiger partial charge in [0.1, 0.15) is 0 Å². The van der Waals surface area contributed by atoms with Crippen molar-refractivity contribution in [3.8, 4) is 0 Å². The summed E-state index contributed by atoms with van der Waals surface area (Å²) in [4.78, 5) is 12.5. The van der Waals surface area contributed by atoms with E-state index >= 15 is 0 Å². The van der Waals surface area contributed by atoms with Gasteiger partial charge in [0.25, 0.3) is 0 Å². The van der Waals surface area contributed by atoms with Gasteiger partial charge < -0.3 is 0 Å². The summed E-state index contributed by atoms with van der Waals surface area (Å²) >= 11 is 0. The van der Waals surface area contributed by atoms with Gasteiger partial charge in [0.15, 0.2) is 5.52 Å². The van der Waals surface area contributed by atoms with Crippen molar-refractivity contribution in [3.63, 3.8) is 0 Å². The normalized spacial score (nSPS) is 12.3. The van der Waals surface area contributed by atoms with E-state index in [9.17, 15) is 31.1 Å². The van der Waals surface area contributed by atoms with Crippen molar-refractivity contribution in [2.24, 2.45) is 0 Å². The Morgan fingerprint density at radius 1 is 0.808 bits per heavy atom. The molecule has 2 aromatic carbocycles. The number of alkyl halides is 6. The summed E-state index contributed by atoms with van der Waals surface area (Å²) in [5.41, 5.74) is -4.34. The molecule has 0 aliphatic carbocycles. The molecule has 0 fully saturated rings. The summed E-state index contributed by atoms with van der Waals surface area (Å²) in [6.45, 7) is 3.31. The fourth-order valence-corrected chi connectivity index (χ4v) is 3.64. The molecule has 0 heterocycles. The van der Waals surface area contributed by atoms with Crippen LogP contribution in [-0.2, 0) is 12.4 Å². The van der Waals surface area contributed by atoms with Gasteiger partial charge in [-0.3, -0.25) is 4.79 Å². The molecule has 0 spiro atoms. The van der Waals surface area contributed by atoms with Crippen molar-refractivity contribution in [2.75, 3.05) is 0 Å². The Kier molecular flexibility index (Phi) is 7.15. The molecule has 0 amide bonds. The van der Waals surface area contributed by atoms with E-state index in [1.807, 2.05) is 0 Å². The van der Waals surface area contributed by atoms with Crippen LogP contribution in [0, 0.1) is 13.8 Å². The van der Waals surface area contributed by atoms with Crippen LogP contribution in [0.2, 0.25) is 0 Å². The first-order chi connectivity index (χ1) is 11.4. The van der Waals surface area contributed by atoms with Gasteiger partial charge in [0.05, 0.1) is 11.1 Å². The average molecular weight is 386 g/mol. The van der Waals surface area contributed by atoms with Crippen LogP contribution >= 0.6 is 8.58 Å². The quantitative estimate of drug-likeness (QED) is 0.419. The number of benzene rings is 2. The van der Waals surface area contributed by atoms with Gasteiger partial charge in [0.2, 0.25) is 0 Å². The maximum absolute atomic E-state index is 13.2. The van der Waals surface area contributed by atoms with Crippen molar-refractivity contribution in [2.45, 2.75) is 26.2 Å². The van der Waals surface area contributed by atoms with E-state index in [-0.39, 0.29) is 18.9 Å². The van der Waals surface area contributed by atoms with Crippen LogP contribution in [0.1, 0.15) is 32.6 Å². The molecule has 0 radical (unpaired) electrons. The third kappa shape index (κ3) is 4.91. The van der Waals surface area contributed by atoms with Crippen molar-refractivity contribution in [1.82, 2.24) is 0 Å². The number of halogens is 6. The van der Waals surface area contributed by atoms with Crippen molar-refractivity contribution in [1.29, 1.82) is 0 Å². The van der Waals surface area contributed by atoms with E-state index < -0.39 is 43.1 Å². The Balaban J connectivity index is 0.00000338. The monoisotopic (exact) mass is 386 g/mol. The van der Waals surface area contributed by atoms with Gasteiger partial charge in [-0.2, -0.15) is 26.3 Å². The molecule has 26 heavy (non-hydrogen) atoms. The second-order valence-electron chi connectivity index (χ2n) is 5.44. The van der Waals surface area contributed by atoms with Crippen LogP contribution in [0.4, 0.5) is 26.3 Å². The Morgan fingerprint density at radius 2 is 1.19 bits per heavy atom. The van der Waals surface area contributed by atoms with Crippen LogP contribution in [0.5, 0.6) is 0 Å². The van der Waals surface area contributed by atoms with Crippen LogP contribution in [0.3, 0.4) is 0 Å². The van der Waals surface area contributed by atoms with Crippen molar-refractivity contribution < 1.29 is 31.1 Å². The third-order valence-electron chi connectivity index (χ3n) is 3.62. The summed E-state index contributed by atoms with van der Waals surface area (Å²) in [5.74, 6) is 0. The Bertz CT molecular complexity index is 761. The number of carbonyl (C=O) groups excluding carboxylic acids is 1. The minimum absolute atomic E-state index is 0. The van der Waals surface area contributed by atoms with Crippen LogP contribution < -0.4 is 5.30 Å². The van der Waals surface area contributed by atoms with Gasteiger partial charge in [-0.15, -0.1) is 0 Å². The fourth-order valence-electron chi connectivity index (χ4n) is 2.46. The zero-order chi connectivity index (χ0) is 19.0. The standard InChI is InChI=1S/C17H13F6OP.Li.H/c1-9-5-3-6-10(2)14(9)25-15(24)13-11(16(18,19)20)7-4-8-12(13)17(21,22)23;;/h3-8,25H,1-2H3;;. The first kappa shape index (κ1) is 22.8. The SMILES string of the molecule is Cc1cccc(C)c1PC(=O)c1c(C(F)(F)F)cccc1C(F)(F)F.[LiH]. The molecule has 136 valence electrons. The molecule has 0 bridgehead atoms. The van der Waals surface area contributed by atoms with Gasteiger partial charge >= 0.3 is 31.2 Å². The first-order valence-corrected chi connectivity index (χ1v) is 8.08. The van der Waals surface area contributed by atoms with Gasteiger partial charge in [-0.25, -0.2) is 0 Å². The second-order valence-corrected chi connectivity index (χ2v) is 6.65. The topological polar surface area (TPSA) is 17.1 Å². The summed E-state index contributed by atoms with van der Waals surface area (Å²) in [6.07, 6.45) is -10.1. The number of carbonyl (C=O) groups is 1. The number of aryl methyl sites for hydroxylation is 2. The molecule has 2 aromatic rings. The average Bonchev–Trinajstić information content (AvgIpc) is 2.48. The predicted octanol–water partition coefficient (Wildman–Crippen LogP) is 4.84. The molecule has 0 aliphatic heterocycles. The molecule has 1 unspecified atom stereocenters.